The number of nitrogens with one attached hydrogen (secondary N) is 1. The van der Waals surface area contributed by atoms with Gasteiger partial charge in [0.2, 0.25) is 0 Å². The lowest BCUT2D eigenvalue weighted by Crippen LogP contribution is -2.44. The van der Waals surface area contributed by atoms with Gasteiger partial charge >= 0.3 is 0 Å². The van der Waals surface area contributed by atoms with Gasteiger partial charge in [-0.25, -0.2) is 4.85 Å². The van der Waals surface area contributed by atoms with Gasteiger partial charge in [0.15, 0.2) is 17.2 Å². The molecule has 1 aliphatic heterocycles. The summed E-state index contributed by atoms with van der Waals surface area (Å²) in [6.07, 6.45) is 1.93. The first-order chi connectivity index (χ1) is 18.5. The Hall–Kier alpha value is -4.72. The van der Waals surface area contributed by atoms with Crippen molar-refractivity contribution in [2.45, 2.75) is 31.8 Å². The second-order valence-electron chi connectivity index (χ2n) is 9.57. The summed E-state index contributed by atoms with van der Waals surface area (Å²) in [5.41, 5.74) is 4.33. The summed E-state index contributed by atoms with van der Waals surface area (Å²) in [5, 5.41) is 12.8. The van der Waals surface area contributed by atoms with Crippen LogP contribution in [-0.2, 0) is 13.0 Å². The summed E-state index contributed by atoms with van der Waals surface area (Å²) in [6, 6.07) is 23.7. The van der Waals surface area contributed by atoms with E-state index in [4.69, 9.17) is 16.3 Å². The van der Waals surface area contributed by atoms with Gasteiger partial charge in [-0.1, -0.05) is 42.5 Å². The smallest absolute Gasteiger partial charge is 0.287 e. The number of hydrogen-bond donors (Lipinski definition) is 1. The summed E-state index contributed by atoms with van der Waals surface area (Å²) in [7, 11) is 0. The van der Waals surface area contributed by atoms with E-state index in [1.165, 1.54) is 5.56 Å². The van der Waals surface area contributed by atoms with Gasteiger partial charge in [-0.05, 0) is 54.3 Å². The Bertz CT molecular complexity index is 1550. The Labute approximate surface area is 221 Å². The molecule has 0 atom stereocenters. The van der Waals surface area contributed by atoms with Crippen LogP contribution in [0.1, 0.15) is 50.4 Å². The van der Waals surface area contributed by atoms with Crippen LogP contribution < -0.4 is 5.32 Å². The van der Waals surface area contributed by atoms with E-state index in [9.17, 15) is 9.59 Å². The highest BCUT2D eigenvalue weighted by Crippen LogP contribution is 2.23. The lowest BCUT2D eigenvalue weighted by molar-refractivity contribution is 0.0882. The van der Waals surface area contributed by atoms with Gasteiger partial charge in [-0.2, -0.15) is 5.26 Å². The van der Waals surface area contributed by atoms with Crippen molar-refractivity contribution in [3.8, 4) is 6.07 Å². The second-order valence-corrected chi connectivity index (χ2v) is 9.57. The van der Waals surface area contributed by atoms with E-state index in [-0.39, 0.29) is 29.9 Å². The third-order valence-electron chi connectivity index (χ3n) is 6.90. The largest absolute Gasteiger partial charge is 0.451 e. The average molecular weight is 503 g/mol. The van der Waals surface area contributed by atoms with E-state index in [0.717, 1.165) is 43.4 Å². The minimum Gasteiger partial charge on any atom is -0.451 e. The van der Waals surface area contributed by atoms with E-state index < -0.39 is 0 Å². The van der Waals surface area contributed by atoms with Crippen LogP contribution in [0.3, 0.4) is 0 Å². The summed E-state index contributed by atoms with van der Waals surface area (Å²) < 4.78 is 5.80. The summed E-state index contributed by atoms with van der Waals surface area (Å²) >= 11 is 0. The van der Waals surface area contributed by atoms with Gasteiger partial charge in [-0.3, -0.25) is 14.5 Å². The summed E-state index contributed by atoms with van der Waals surface area (Å²) in [5.74, 6) is -0.00430. The first kappa shape index (κ1) is 25.0. The molecule has 38 heavy (non-hydrogen) atoms. The average Bonchev–Trinajstić information content (AvgIpc) is 3.38. The van der Waals surface area contributed by atoms with Crippen LogP contribution in [0.4, 0.5) is 5.69 Å². The number of carbonyl (C=O) groups excluding carboxylic acids is 2. The maximum absolute atomic E-state index is 12.9. The number of furan rings is 1. The van der Waals surface area contributed by atoms with Crippen LogP contribution >= 0.6 is 0 Å². The molecular weight excluding hydrogens is 476 g/mol. The fourth-order valence-corrected chi connectivity index (χ4v) is 4.76. The third-order valence-corrected chi connectivity index (χ3v) is 6.90. The van der Waals surface area contributed by atoms with E-state index >= 15 is 0 Å². The molecule has 3 aromatic carbocycles. The fraction of sp³-hybridized carbons (Fsp3) is 0.226. The lowest BCUT2D eigenvalue weighted by Gasteiger charge is -2.32. The SMILES string of the molecule is [C-]#[N+]c1ccc(C(=O)Cc2ccc3oc(C(=O)NC4CCN(Cc5ccc(C#N)cc5)CC4)cc3c2)cc1. The third kappa shape index (κ3) is 5.81. The predicted octanol–water partition coefficient (Wildman–Crippen LogP) is 5.68. The summed E-state index contributed by atoms with van der Waals surface area (Å²) in [6.45, 7) is 9.61. The number of fused-ring (bicyclic) bond motifs is 1. The zero-order chi connectivity index (χ0) is 26.5. The summed E-state index contributed by atoms with van der Waals surface area (Å²) in [4.78, 5) is 31.3. The van der Waals surface area contributed by atoms with Crippen LogP contribution in [0, 0.1) is 17.9 Å². The highest BCUT2D eigenvalue weighted by molar-refractivity contribution is 5.99. The van der Waals surface area contributed by atoms with Crippen molar-refractivity contribution in [2.24, 2.45) is 0 Å². The highest BCUT2D eigenvalue weighted by atomic mass is 16.3. The number of hydrogen-bond acceptors (Lipinski definition) is 5. The molecule has 188 valence electrons. The Kier molecular flexibility index (Phi) is 7.31. The van der Waals surface area contributed by atoms with E-state index in [1.54, 1.807) is 36.4 Å². The van der Waals surface area contributed by atoms with Crippen molar-refractivity contribution >= 4 is 28.3 Å². The number of Topliss-reactive ketones (excluding diaryl/α,β-unsaturated/α-hetero) is 1. The van der Waals surface area contributed by atoms with Crippen molar-refractivity contribution in [1.29, 1.82) is 5.26 Å². The van der Waals surface area contributed by atoms with Crippen molar-refractivity contribution in [3.63, 3.8) is 0 Å². The number of nitriles is 1. The van der Waals surface area contributed by atoms with Crippen molar-refractivity contribution in [2.75, 3.05) is 13.1 Å². The Morgan fingerprint density at radius 1 is 1.00 bits per heavy atom. The number of carbonyl (C=O) groups is 2. The second kappa shape index (κ2) is 11.1. The molecular formula is C31H26N4O3. The molecule has 0 aliphatic carbocycles. The quantitative estimate of drug-likeness (QED) is 0.260. The van der Waals surface area contributed by atoms with Gasteiger partial charge < -0.3 is 9.73 Å². The van der Waals surface area contributed by atoms with Gasteiger partial charge in [0.1, 0.15) is 5.58 Å². The molecule has 1 aromatic heterocycles. The molecule has 0 unspecified atom stereocenters. The Morgan fingerprint density at radius 3 is 2.39 bits per heavy atom. The standard InChI is InChI=1S/C31H26N4O3/c1-33-26-9-7-24(8-10-26)28(36)17-23-6-11-29-25(16-23)18-30(38-29)31(37)34-27-12-14-35(15-13-27)20-22-4-2-21(19-32)3-5-22/h2-11,16,18,27H,12-15,17,20H2,(H,34,37). The monoisotopic (exact) mass is 502 g/mol. The predicted molar refractivity (Wildman–Crippen MR) is 144 cm³/mol. The molecule has 1 amide bonds. The van der Waals surface area contributed by atoms with Gasteiger partial charge in [0.05, 0.1) is 18.2 Å². The number of amides is 1. The molecule has 7 heteroatoms. The first-order valence-electron chi connectivity index (χ1n) is 12.6. The molecule has 4 aromatic rings. The molecule has 0 spiro atoms. The Balaban J connectivity index is 1.15. The molecule has 1 N–H and O–H groups in total. The van der Waals surface area contributed by atoms with Crippen molar-refractivity contribution in [3.05, 3.63) is 112 Å². The van der Waals surface area contributed by atoms with Crippen LogP contribution in [0.25, 0.3) is 15.8 Å². The van der Waals surface area contributed by atoms with Crippen LogP contribution in [0.15, 0.2) is 77.2 Å². The molecule has 2 heterocycles. The maximum atomic E-state index is 12.9. The van der Waals surface area contributed by atoms with Gasteiger partial charge in [-0.15, -0.1) is 0 Å². The highest BCUT2D eigenvalue weighted by Gasteiger charge is 2.23. The number of ketones is 1. The molecule has 5 rings (SSSR count). The molecule has 1 aliphatic rings. The van der Waals surface area contributed by atoms with Gasteiger partial charge in [0.25, 0.3) is 5.91 Å². The molecule has 1 fully saturated rings. The number of likely N-dealkylation sites (tertiary alicyclic amines) is 1. The normalized spacial score (nSPS) is 14.1. The number of piperidine rings is 1. The Morgan fingerprint density at radius 2 is 1.71 bits per heavy atom. The van der Waals surface area contributed by atoms with E-state index in [1.807, 2.05) is 36.4 Å². The van der Waals surface area contributed by atoms with Crippen LogP contribution in [0.2, 0.25) is 0 Å². The molecule has 1 saturated heterocycles. The molecule has 0 radical (unpaired) electrons. The molecule has 7 nitrogen and oxygen atoms in total. The maximum Gasteiger partial charge on any atom is 0.287 e. The van der Waals surface area contributed by atoms with Crippen LogP contribution in [-0.4, -0.2) is 35.7 Å². The molecule has 0 bridgehead atoms. The first-order valence-corrected chi connectivity index (χ1v) is 12.6. The topological polar surface area (TPSA) is 90.7 Å². The number of benzene rings is 3. The van der Waals surface area contributed by atoms with Gasteiger partial charge in [0, 0.05) is 43.0 Å². The van der Waals surface area contributed by atoms with E-state index in [0.29, 0.717) is 22.4 Å². The molecule has 0 saturated carbocycles. The number of rotatable bonds is 7. The minimum absolute atomic E-state index is 0.0344. The minimum atomic E-state index is -0.232. The van der Waals surface area contributed by atoms with Crippen molar-refractivity contribution in [1.82, 2.24) is 10.2 Å². The van der Waals surface area contributed by atoms with Crippen molar-refractivity contribution < 1.29 is 14.0 Å². The van der Waals surface area contributed by atoms with Crippen LogP contribution in [0.5, 0.6) is 0 Å². The number of nitrogens with zero attached hydrogens (tertiary/aromatic N) is 3. The lowest BCUT2D eigenvalue weighted by atomic mass is 10.0. The fourth-order valence-electron chi connectivity index (χ4n) is 4.76. The zero-order valence-electron chi connectivity index (χ0n) is 20.8. The zero-order valence-corrected chi connectivity index (χ0v) is 20.8. The van der Waals surface area contributed by atoms with E-state index in [2.05, 4.69) is 21.1 Å².